The van der Waals surface area contributed by atoms with Crippen molar-refractivity contribution in [2.24, 2.45) is 0 Å². The van der Waals surface area contributed by atoms with E-state index in [0.717, 1.165) is 44.2 Å². The maximum absolute atomic E-state index is 11.8. The Morgan fingerprint density at radius 3 is 2.74 bits per heavy atom. The minimum Gasteiger partial charge on any atom is -0.314 e. The number of nitrogens with zero attached hydrogens (tertiary/aromatic N) is 2. The smallest absolute Gasteiger partial charge is 0.251 e. The highest BCUT2D eigenvalue weighted by Crippen LogP contribution is 2.32. The van der Waals surface area contributed by atoms with Crippen LogP contribution in [0.25, 0.3) is 0 Å². The lowest BCUT2D eigenvalue weighted by atomic mass is 10.0. The van der Waals surface area contributed by atoms with Crippen LogP contribution in [0.5, 0.6) is 0 Å². The van der Waals surface area contributed by atoms with E-state index in [-0.39, 0.29) is 5.56 Å². The van der Waals surface area contributed by atoms with Gasteiger partial charge in [-0.2, -0.15) is 0 Å². The van der Waals surface area contributed by atoms with Crippen molar-refractivity contribution in [2.45, 2.75) is 38.1 Å². The molecule has 2 N–H and O–H groups in total. The molecule has 1 saturated heterocycles. The van der Waals surface area contributed by atoms with E-state index in [1.807, 2.05) is 0 Å². The van der Waals surface area contributed by atoms with Crippen LogP contribution in [0, 0.1) is 0 Å². The van der Waals surface area contributed by atoms with Gasteiger partial charge in [0.1, 0.15) is 5.82 Å². The first kappa shape index (κ1) is 12.8. The Kier molecular flexibility index (Phi) is 3.94. The fourth-order valence-corrected chi connectivity index (χ4v) is 3.12. The molecule has 3 rings (SSSR count). The predicted octanol–water partition coefficient (Wildman–Crippen LogP) is 0.833. The zero-order valence-corrected chi connectivity index (χ0v) is 11.3. The molecule has 0 radical (unpaired) electrons. The summed E-state index contributed by atoms with van der Waals surface area (Å²) < 4.78 is 0. The number of nitrogens with one attached hydrogen (secondary N) is 2. The lowest BCUT2D eigenvalue weighted by molar-refractivity contribution is 0.227. The van der Waals surface area contributed by atoms with E-state index >= 15 is 0 Å². The lowest BCUT2D eigenvalue weighted by Gasteiger charge is -2.26. The molecule has 0 bridgehead atoms. The summed E-state index contributed by atoms with van der Waals surface area (Å²) in [5.41, 5.74) is 1.01. The second kappa shape index (κ2) is 5.84. The maximum atomic E-state index is 11.8. The highest BCUT2D eigenvalue weighted by molar-refractivity contribution is 5.10. The average Bonchev–Trinajstić information content (AvgIpc) is 2.93. The van der Waals surface area contributed by atoms with Crippen LogP contribution in [0.1, 0.15) is 43.1 Å². The first-order valence-electron chi connectivity index (χ1n) is 7.34. The molecule has 0 unspecified atom stereocenters. The van der Waals surface area contributed by atoms with E-state index in [2.05, 4.69) is 15.2 Å². The first-order chi connectivity index (χ1) is 9.31. The number of piperazine rings is 1. The van der Waals surface area contributed by atoms with Gasteiger partial charge in [0.25, 0.3) is 5.56 Å². The van der Waals surface area contributed by atoms with Crippen molar-refractivity contribution in [3.63, 3.8) is 0 Å². The van der Waals surface area contributed by atoms with Gasteiger partial charge in [-0.25, -0.2) is 4.98 Å². The average molecular weight is 262 g/mol. The van der Waals surface area contributed by atoms with Crippen LogP contribution < -0.4 is 10.9 Å². The summed E-state index contributed by atoms with van der Waals surface area (Å²) in [6.07, 6.45) is 4.91. The van der Waals surface area contributed by atoms with Crippen molar-refractivity contribution >= 4 is 0 Å². The highest BCUT2D eigenvalue weighted by Gasteiger charge is 2.20. The molecule has 1 aromatic heterocycles. The fourth-order valence-electron chi connectivity index (χ4n) is 3.12. The quantitative estimate of drug-likeness (QED) is 0.847. The zero-order chi connectivity index (χ0) is 13.1. The topological polar surface area (TPSA) is 61.0 Å². The SMILES string of the molecule is O=c1cc(C2CCCC2)nc(CN2CCNCC2)[nH]1. The Morgan fingerprint density at radius 2 is 2.00 bits per heavy atom. The molecule has 1 aromatic rings. The van der Waals surface area contributed by atoms with Crippen LogP contribution in [-0.2, 0) is 6.54 Å². The van der Waals surface area contributed by atoms with E-state index in [9.17, 15) is 4.79 Å². The molecule has 1 aliphatic heterocycles. The lowest BCUT2D eigenvalue weighted by Crippen LogP contribution is -2.43. The molecule has 0 spiro atoms. The van der Waals surface area contributed by atoms with Crippen molar-refractivity contribution in [1.29, 1.82) is 0 Å². The summed E-state index contributed by atoms with van der Waals surface area (Å²) >= 11 is 0. The Bertz CT molecular complexity index is 473. The molecule has 5 heteroatoms. The van der Waals surface area contributed by atoms with Crippen LogP contribution in [0.3, 0.4) is 0 Å². The second-order valence-corrected chi connectivity index (χ2v) is 5.62. The summed E-state index contributed by atoms with van der Waals surface area (Å²) in [5, 5.41) is 3.33. The number of aromatic amines is 1. The molecule has 2 heterocycles. The highest BCUT2D eigenvalue weighted by atomic mass is 16.1. The van der Waals surface area contributed by atoms with Crippen molar-refractivity contribution in [3.05, 3.63) is 27.9 Å². The Balaban J connectivity index is 1.74. The normalized spacial score (nSPS) is 21.9. The summed E-state index contributed by atoms with van der Waals surface area (Å²) in [7, 11) is 0. The van der Waals surface area contributed by atoms with Gasteiger partial charge in [0.15, 0.2) is 0 Å². The number of hydrogen-bond acceptors (Lipinski definition) is 4. The Morgan fingerprint density at radius 1 is 1.26 bits per heavy atom. The van der Waals surface area contributed by atoms with Crippen molar-refractivity contribution < 1.29 is 0 Å². The maximum Gasteiger partial charge on any atom is 0.251 e. The second-order valence-electron chi connectivity index (χ2n) is 5.62. The van der Waals surface area contributed by atoms with Gasteiger partial charge >= 0.3 is 0 Å². The largest absolute Gasteiger partial charge is 0.314 e. The fraction of sp³-hybridized carbons (Fsp3) is 0.714. The predicted molar refractivity (Wildman–Crippen MR) is 74.2 cm³/mol. The summed E-state index contributed by atoms with van der Waals surface area (Å²) in [4.78, 5) is 21.7. The van der Waals surface area contributed by atoms with Crippen LogP contribution in [0.15, 0.2) is 10.9 Å². The molecule has 0 amide bonds. The van der Waals surface area contributed by atoms with E-state index < -0.39 is 0 Å². The Labute approximate surface area is 113 Å². The van der Waals surface area contributed by atoms with Crippen molar-refractivity contribution in [2.75, 3.05) is 26.2 Å². The van der Waals surface area contributed by atoms with Gasteiger partial charge in [0.05, 0.1) is 12.2 Å². The molecular weight excluding hydrogens is 240 g/mol. The summed E-state index contributed by atoms with van der Waals surface area (Å²) in [6, 6.07) is 1.69. The van der Waals surface area contributed by atoms with Gasteiger partial charge in [-0.15, -0.1) is 0 Å². The van der Waals surface area contributed by atoms with E-state index in [1.54, 1.807) is 6.07 Å². The van der Waals surface area contributed by atoms with E-state index in [4.69, 9.17) is 4.98 Å². The van der Waals surface area contributed by atoms with Crippen LogP contribution in [0.2, 0.25) is 0 Å². The third-order valence-corrected chi connectivity index (χ3v) is 4.17. The standard InChI is InChI=1S/C14H22N4O/c19-14-9-12(11-3-1-2-4-11)16-13(17-14)10-18-7-5-15-6-8-18/h9,11,15H,1-8,10H2,(H,16,17,19). The molecular formula is C14H22N4O. The van der Waals surface area contributed by atoms with Gasteiger partial charge in [-0.1, -0.05) is 12.8 Å². The van der Waals surface area contributed by atoms with Crippen molar-refractivity contribution in [3.8, 4) is 0 Å². The molecule has 1 saturated carbocycles. The minimum atomic E-state index is 0.00188. The molecule has 5 nitrogen and oxygen atoms in total. The number of rotatable bonds is 3. The van der Waals surface area contributed by atoms with Crippen LogP contribution in [0.4, 0.5) is 0 Å². The van der Waals surface area contributed by atoms with Crippen molar-refractivity contribution in [1.82, 2.24) is 20.2 Å². The summed E-state index contributed by atoms with van der Waals surface area (Å²) in [5.74, 6) is 1.33. The van der Waals surface area contributed by atoms with Gasteiger partial charge in [0, 0.05) is 38.2 Å². The number of hydrogen-bond donors (Lipinski definition) is 2. The van der Waals surface area contributed by atoms with Gasteiger partial charge in [-0.05, 0) is 12.8 Å². The molecule has 0 aromatic carbocycles. The van der Waals surface area contributed by atoms with Gasteiger partial charge < -0.3 is 10.3 Å². The number of H-pyrrole nitrogens is 1. The number of aromatic nitrogens is 2. The molecule has 19 heavy (non-hydrogen) atoms. The zero-order valence-electron chi connectivity index (χ0n) is 11.3. The molecule has 104 valence electrons. The van der Waals surface area contributed by atoms with E-state index in [0.29, 0.717) is 5.92 Å². The molecule has 2 fully saturated rings. The monoisotopic (exact) mass is 262 g/mol. The summed E-state index contributed by atoms with van der Waals surface area (Å²) in [6.45, 7) is 4.85. The molecule has 2 aliphatic rings. The van der Waals surface area contributed by atoms with Crippen LogP contribution >= 0.6 is 0 Å². The molecule has 1 aliphatic carbocycles. The Hall–Kier alpha value is -1.20. The van der Waals surface area contributed by atoms with Gasteiger partial charge in [0.2, 0.25) is 0 Å². The van der Waals surface area contributed by atoms with Crippen LogP contribution in [-0.4, -0.2) is 41.0 Å². The van der Waals surface area contributed by atoms with Gasteiger partial charge in [-0.3, -0.25) is 9.69 Å². The molecule has 0 atom stereocenters. The first-order valence-corrected chi connectivity index (χ1v) is 7.34. The third kappa shape index (κ3) is 3.22. The van der Waals surface area contributed by atoms with E-state index in [1.165, 1.54) is 25.7 Å². The minimum absolute atomic E-state index is 0.00188. The third-order valence-electron chi connectivity index (χ3n) is 4.17.